The maximum absolute atomic E-state index is 12.1. The first-order valence-electron chi connectivity index (χ1n) is 7.61. The molecular formula is C16H20N4OS. The van der Waals surface area contributed by atoms with Gasteiger partial charge in [-0.15, -0.1) is 11.3 Å². The van der Waals surface area contributed by atoms with Crippen LogP contribution >= 0.6 is 11.3 Å². The lowest BCUT2D eigenvalue weighted by Crippen LogP contribution is -2.41. The predicted octanol–water partition coefficient (Wildman–Crippen LogP) is 2.13. The van der Waals surface area contributed by atoms with Gasteiger partial charge in [0.1, 0.15) is 5.01 Å². The molecule has 1 aliphatic carbocycles. The number of hydrogen-bond donors (Lipinski definition) is 2. The molecule has 0 aliphatic heterocycles. The first-order valence-corrected chi connectivity index (χ1v) is 8.49. The van der Waals surface area contributed by atoms with Crippen LogP contribution in [0, 0.1) is 0 Å². The predicted molar refractivity (Wildman–Crippen MR) is 87.4 cm³/mol. The van der Waals surface area contributed by atoms with Crippen LogP contribution in [0.4, 0.5) is 0 Å². The van der Waals surface area contributed by atoms with Gasteiger partial charge in [-0.05, 0) is 37.8 Å². The second-order valence-corrected chi connectivity index (χ2v) is 6.57. The molecule has 2 aromatic rings. The molecule has 1 aliphatic rings. The molecule has 22 heavy (non-hydrogen) atoms. The molecule has 5 nitrogen and oxygen atoms in total. The van der Waals surface area contributed by atoms with Gasteiger partial charge in [0.2, 0.25) is 5.91 Å². The summed E-state index contributed by atoms with van der Waals surface area (Å²) in [6.07, 6.45) is 6.01. The Morgan fingerprint density at radius 3 is 2.86 bits per heavy atom. The number of carbonyl (C=O) groups is 1. The van der Waals surface area contributed by atoms with Gasteiger partial charge in [0.15, 0.2) is 0 Å². The molecule has 0 unspecified atom stereocenters. The Kier molecular flexibility index (Phi) is 4.80. The van der Waals surface area contributed by atoms with Crippen LogP contribution in [-0.2, 0) is 11.2 Å². The quantitative estimate of drug-likeness (QED) is 0.905. The summed E-state index contributed by atoms with van der Waals surface area (Å²) in [4.78, 5) is 20.9. The topological polar surface area (TPSA) is 80.9 Å². The van der Waals surface area contributed by atoms with Gasteiger partial charge in [-0.3, -0.25) is 9.78 Å². The molecule has 1 amide bonds. The lowest BCUT2D eigenvalue weighted by Gasteiger charge is -2.26. The number of carbonyl (C=O) groups excluding carboxylic acids is 1. The number of nitrogens with one attached hydrogen (secondary N) is 1. The molecule has 0 bridgehead atoms. The van der Waals surface area contributed by atoms with Crippen LogP contribution in [-0.4, -0.2) is 28.0 Å². The van der Waals surface area contributed by atoms with E-state index in [4.69, 9.17) is 5.73 Å². The Morgan fingerprint density at radius 2 is 2.14 bits per heavy atom. The minimum atomic E-state index is 0.0401. The van der Waals surface area contributed by atoms with Crippen molar-refractivity contribution in [3.63, 3.8) is 0 Å². The molecule has 6 heteroatoms. The minimum absolute atomic E-state index is 0.0401. The van der Waals surface area contributed by atoms with Crippen LogP contribution in [0.5, 0.6) is 0 Å². The van der Waals surface area contributed by atoms with Crippen LogP contribution < -0.4 is 11.1 Å². The van der Waals surface area contributed by atoms with Gasteiger partial charge >= 0.3 is 0 Å². The molecule has 0 spiro atoms. The van der Waals surface area contributed by atoms with E-state index in [1.54, 1.807) is 6.20 Å². The Hall–Kier alpha value is -1.79. The molecule has 1 saturated carbocycles. The summed E-state index contributed by atoms with van der Waals surface area (Å²) < 4.78 is 0. The average molecular weight is 316 g/mol. The number of thiazole rings is 1. The third-order valence-electron chi connectivity index (χ3n) is 3.91. The maximum Gasteiger partial charge on any atom is 0.226 e. The summed E-state index contributed by atoms with van der Waals surface area (Å²) in [7, 11) is 0. The standard InChI is InChI=1S/C16H20N4OS/c17-11-4-6-12(7-5-11)19-15(21)9-13-10-22-16(20-13)14-3-1-2-8-18-14/h1-3,8,10-12H,4-7,9,17H2,(H,19,21). The van der Waals surface area contributed by atoms with Crippen molar-refractivity contribution in [2.75, 3.05) is 0 Å². The highest BCUT2D eigenvalue weighted by atomic mass is 32.1. The summed E-state index contributed by atoms with van der Waals surface area (Å²) in [5.41, 5.74) is 7.53. The normalized spacial score (nSPS) is 21.5. The number of hydrogen-bond acceptors (Lipinski definition) is 5. The smallest absolute Gasteiger partial charge is 0.226 e. The third-order valence-corrected chi connectivity index (χ3v) is 4.83. The van der Waals surface area contributed by atoms with Gasteiger partial charge < -0.3 is 11.1 Å². The van der Waals surface area contributed by atoms with E-state index in [9.17, 15) is 4.79 Å². The van der Waals surface area contributed by atoms with Crippen LogP contribution in [0.25, 0.3) is 10.7 Å². The molecule has 3 rings (SSSR count). The van der Waals surface area contributed by atoms with E-state index in [2.05, 4.69) is 15.3 Å². The molecular weight excluding hydrogens is 296 g/mol. The summed E-state index contributed by atoms with van der Waals surface area (Å²) in [6, 6.07) is 6.30. The van der Waals surface area contributed by atoms with Gasteiger partial charge in [-0.2, -0.15) is 0 Å². The van der Waals surface area contributed by atoms with E-state index >= 15 is 0 Å². The zero-order valence-corrected chi connectivity index (χ0v) is 13.2. The summed E-state index contributed by atoms with van der Waals surface area (Å²) in [5, 5.41) is 5.88. The van der Waals surface area contributed by atoms with Gasteiger partial charge in [0.05, 0.1) is 17.8 Å². The minimum Gasteiger partial charge on any atom is -0.353 e. The molecule has 2 heterocycles. The summed E-state index contributed by atoms with van der Waals surface area (Å²) in [6.45, 7) is 0. The van der Waals surface area contributed by atoms with E-state index in [-0.39, 0.29) is 11.9 Å². The van der Waals surface area contributed by atoms with Crippen LogP contribution in [0.3, 0.4) is 0 Å². The molecule has 2 aromatic heterocycles. The summed E-state index contributed by atoms with van der Waals surface area (Å²) >= 11 is 1.52. The SMILES string of the molecule is NC1CCC(NC(=O)Cc2csc(-c3ccccn3)n2)CC1. The fourth-order valence-electron chi connectivity index (χ4n) is 2.70. The number of nitrogens with zero attached hydrogens (tertiary/aromatic N) is 2. The Balaban J connectivity index is 1.55. The monoisotopic (exact) mass is 316 g/mol. The van der Waals surface area contributed by atoms with Crippen LogP contribution in [0.2, 0.25) is 0 Å². The Morgan fingerprint density at radius 1 is 1.32 bits per heavy atom. The van der Waals surface area contributed by atoms with Gasteiger partial charge in [-0.25, -0.2) is 4.98 Å². The van der Waals surface area contributed by atoms with Crippen LogP contribution in [0.15, 0.2) is 29.8 Å². The van der Waals surface area contributed by atoms with E-state index in [0.717, 1.165) is 42.1 Å². The maximum atomic E-state index is 12.1. The zero-order valence-electron chi connectivity index (χ0n) is 12.4. The van der Waals surface area contributed by atoms with Gasteiger partial charge in [0.25, 0.3) is 0 Å². The van der Waals surface area contributed by atoms with E-state index in [1.807, 2.05) is 23.6 Å². The molecule has 0 atom stereocenters. The number of aromatic nitrogens is 2. The highest BCUT2D eigenvalue weighted by Crippen LogP contribution is 2.22. The third kappa shape index (κ3) is 3.90. The molecule has 1 fully saturated rings. The van der Waals surface area contributed by atoms with Crippen molar-refractivity contribution in [1.82, 2.24) is 15.3 Å². The molecule has 3 N–H and O–H groups in total. The fourth-order valence-corrected chi connectivity index (χ4v) is 3.50. The van der Waals surface area contributed by atoms with Crippen molar-refractivity contribution < 1.29 is 4.79 Å². The second-order valence-electron chi connectivity index (χ2n) is 5.71. The second kappa shape index (κ2) is 6.98. The Bertz CT molecular complexity index is 620. The van der Waals surface area contributed by atoms with E-state index in [0.29, 0.717) is 12.5 Å². The van der Waals surface area contributed by atoms with Gasteiger partial charge in [0, 0.05) is 23.7 Å². The summed E-state index contributed by atoms with van der Waals surface area (Å²) in [5.74, 6) is 0.0401. The number of amides is 1. The van der Waals surface area contributed by atoms with Gasteiger partial charge in [-0.1, -0.05) is 6.07 Å². The molecule has 0 aromatic carbocycles. The van der Waals surface area contributed by atoms with Crippen molar-refractivity contribution in [2.24, 2.45) is 5.73 Å². The molecule has 0 radical (unpaired) electrons. The lowest BCUT2D eigenvalue weighted by molar-refractivity contribution is -0.121. The number of rotatable bonds is 4. The van der Waals surface area contributed by atoms with Crippen LogP contribution in [0.1, 0.15) is 31.4 Å². The number of nitrogens with two attached hydrogens (primary N) is 1. The van der Waals surface area contributed by atoms with E-state index in [1.165, 1.54) is 11.3 Å². The highest BCUT2D eigenvalue weighted by molar-refractivity contribution is 7.13. The fraction of sp³-hybridized carbons (Fsp3) is 0.438. The van der Waals surface area contributed by atoms with Crippen molar-refractivity contribution >= 4 is 17.2 Å². The van der Waals surface area contributed by atoms with Crippen molar-refractivity contribution in [1.29, 1.82) is 0 Å². The average Bonchev–Trinajstić information content (AvgIpc) is 2.99. The zero-order chi connectivity index (χ0) is 15.4. The van der Waals surface area contributed by atoms with Crippen molar-refractivity contribution in [2.45, 2.75) is 44.2 Å². The van der Waals surface area contributed by atoms with Crippen molar-refractivity contribution in [3.05, 3.63) is 35.5 Å². The van der Waals surface area contributed by atoms with Crippen molar-refractivity contribution in [3.8, 4) is 10.7 Å². The molecule has 116 valence electrons. The first-order chi connectivity index (χ1) is 10.7. The van der Waals surface area contributed by atoms with E-state index < -0.39 is 0 Å². The highest BCUT2D eigenvalue weighted by Gasteiger charge is 2.20. The number of pyridine rings is 1. The Labute approximate surface area is 134 Å². The largest absolute Gasteiger partial charge is 0.353 e. The molecule has 0 saturated heterocycles. The first kappa shape index (κ1) is 15.1. The lowest BCUT2D eigenvalue weighted by atomic mass is 9.92.